The Hall–Kier alpha value is 0.400. The second-order valence-corrected chi connectivity index (χ2v) is 6.73. The van der Waals surface area contributed by atoms with Gasteiger partial charge < -0.3 is 9.80 Å². The van der Waals surface area contributed by atoms with Crippen LogP contribution in [0.2, 0.25) is 0 Å². The standard InChI is InChI=1S/C13H25BrN2/c1-15-8-3-2-4-13(15)7-11-16-9-5-12(14)6-10-16/h12-13H,2-11H2,1H3. The number of piperidine rings is 2. The largest absolute Gasteiger partial charge is 0.303 e. The zero-order chi connectivity index (χ0) is 11.4. The van der Waals surface area contributed by atoms with Gasteiger partial charge in [-0.1, -0.05) is 22.4 Å². The molecule has 2 nitrogen and oxygen atoms in total. The molecule has 0 aromatic rings. The van der Waals surface area contributed by atoms with Crippen molar-refractivity contribution in [2.75, 3.05) is 33.2 Å². The molecule has 2 saturated heterocycles. The molecular weight excluding hydrogens is 264 g/mol. The van der Waals surface area contributed by atoms with Crippen molar-refractivity contribution in [3.63, 3.8) is 0 Å². The molecule has 16 heavy (non-hydrogen) atoms. The Kier molecular flexibility index (Phi) is 5.11. The predicted octanol–water partition coefficient (Wildman–Crippen LogP) is 2.72. The summed E-state index contributed by atoms with van der Waals surface area (Å²) in [5.74, 6) is 0. The van der Waals surface area contributed by atoms with Crippen molar-refractivity contribution in [3.05, 3.63) is 0 Å². The van der Waals surface area contributed by atoms with E-state index in [0.29, 0.717) is 0 Å². The molecule has 0 amide bonds. The maximum atomic E-state index is 3.72. The van der Waals surface area contributed by atoms with Crippen LogP contribution in [0, 0.1) is 0 Å². The van der Waals surface area contributed by atoms with Gasteiger partial charge >= 0.3 is 0 Å². The topological polar surface area (TPSA) is 6.48 Å². The van der Waals surface area contributed by atoms with E-state index in [2.05, 4.69) is 32.8 Å². The Labute approximate surface area is 108 Å². The lowest BCUT2D eigenvalue weighted by atomic mass is 9.99. The van der Waals surface area contributed by atoms with Crippen LogP contribution < -0.4 is 0 Å². The van der Waals surface area contributed by atoms with Gasteiger partial charge in [0.1, 0.15) is 0 Å². The van der Waals surface area contributed by atoms with E-state index in [1.807, 2.05) is 0 Å². The summed E-state index contributed by atoms with van der Waals surface area (Å²) in [4.78, 5) is 6.00. The first-order chi connectivity index (χ1) is 7.75. The number of halogens is 1. The molecule has 2 fully saturated rings. The summed E-state index contributed by atoms with van der Waals surface area (Å²) in [6, 6.07) is 0.857. The van der Waals surface area contributed by atoms with Crippen molar-refractivity contribution < 1.29 is 0 Å². The molecule has 2 aliphatic rings. The molecule has 0 radical (unpaired) electrons. The number of nitrogens with zero attached hydrogens (tertiary/aromatic N) is 2. The minimum atomic E-state index is 0.779. The molecule has 3 heteroatoms. The fourth-order valence-corrected chi connectivity index (χ4v) is 3.38. The van der Waals surface area contributed by atoms with Crippen molar-refractivity contribution in [3.8, 4) is 0 Å². The zero-order valence-electron chi connectivity index (χ0n) is 10.5. The van der Waals surface area contributed by atoms with Crippen molar-refractivity contribution in [2.45, 2.75) is 49.4 Å². The van der Waals surface area contributed by atoms with Gasteiger partial charge in [-0.3, -0.25) is 0 Å². The predicted molar refractivity (Wildman–Crippen MR) is 73.3 cm³/mol. The van der Waals surface area contributed by atoms with Crippen LogP contribution in [0.15, 0.2) is 0 Å². The highest BCUT2D eigenvalue weighted by atomic mass is 79.9. The lowest BCUT2D eigenvalue weighted by Gasteiger charge is -2.35. The minimum Gasteiger partial charge on any atom is -0.303 e. The first-order valence-electron chi connectivity index (χ1n) is 6.82. The van der Waals surface area contributed by atoms with Crippen molar-refractivity contribution in [1.82, 2.24) is 9.80 Å². The Morgan fingerprint density at radius 1 is 1.06 bits per heavy atom. The van der Waals surface area contributed by atoms with Gasteiger partial charge in [-0.15, -0.1) is 0 Å². The maximum absolute atomic E-state index is 3.72. The zero-order valence-corrected chi connectivity index (χ0v) is 12.1. The van der Waals surface area contributed by atoms with Crippen LogP contribution in [-0.2, 0) is 0 Å². The Morgan fingerprint density at radius 2 is 1.81 bits per heavy atom. The molecule has 2 heterocycles. The van der Waals surface area contributed by atoms with Crippen LogP contribution in [-0.4, -0.2) is 53.9 Å². The highest BCUT2D eigenvalue weighted by Crippen LogP contribution is 2.21. The molecule has 0 spiro atoms. The van der Waals surface area contributed by atoms with Crippen LogP contribution in [0.3, 0.4) is 0 Å². The molecule has 2 aliphatic heterocycles. The Bertz CT molecular complexity index is 202. The van der Waals surface area contributed by atoms with Crippen LogP contribution in [0.4, 0.5) is 0 Å². The van der Waals surface area contributed by atoms with E-state index in [1.165, 1.54) is 64.7 Å². The number of likely N-dealkylation sites (tertiary alicyclic amines) is 2. The monoisotopic (exact) mass is 288 g/mol. The Morgan fingerprint density at radius 3 is 2.50 bits per heavy atom. The van der Waals surface area contributed by atoms with Gasteiger partial charge in [0.05, 0.1) is 0 Å². The number of hydrogen-bond acceptors (Lipinski definition) is 2. The Balaban J connectivity index is 1.66. The quantitative estimate of drug-likeness (QED) is 0.737. The van der Waals surface area contributed by atoms with E-state index >= 15 is 0 Å². The summed E-state index contributed by atoms with van der Waals surface area (Å²) < 4.78 is 0. The van der Waals surface area contributed by atoms with E-state index in [9.17, 15) is 0 Å². The van der Waals surface area contributed by atoms with E-state index < -0.39 is 0 Å². The van der Waals surface area contributed by atoms with E-state index in [-0.39, 0.29) is 0 Å². The molecule has 0 aliphatic carbocycles. The fraction of sp³-hybridized carbons (Fsp3) is 1.00. The summed E-state index contributed by atoms with van der Waals surface area (Å²) in [5, 5.41) is 0. The van der Waals surface area contributed by atoms with Crippen molar-refractivity contribution in [1.29, 1.82) is 0 Å². The van der Waals surface area contributed by atoms with Gasteiger partial charge in [0.15, 0.2) is 0 Å². The second kappa shape index (κ2) is 6.36. The number of rotatable bonds is 3. The van der Waals surface area contributed by atoms with Crippen molar-refractivity contribution >= 4 is 15.9 Å². The molecule has 1 unspecified atom stereocenters. The molecule has 2 rings (SSSR count). The molecule has 0 N–H and O–H groups in total. The molecule has 0 bridgehead atoms. The summed E-state index contributed by atoms with van der Waals surface area (Å²) in [7, 11) is 2.30. The molecule has 0 saturated carbocycles. The van der Waals surface area contributed by atoms with Gasteiger partial charge in [0.2, 0.25) is 0 Å². The molecular formula is C13H25BrN2. The van der Waals surface area contributed by atoms with Crippen molar-refractivity contribution in [2.24, 2.45) is 0 Å². The number of alkyl halides is 1. The van der Waals surface area contributed by atoms with E-state index in [1.54, 1.807) is 0 Å². The summed E-state index contributed by atoms with van der Waals surface area (Å²) in [5.41, 5.74) is 0. The van der Waals surface area contributed by atoms with Gasteiger partial charge in [-0.2, -0.15) is 0 Å². The lowest BCUT2D eigenvalue weighted by molar-refractivity contribution is 0.146. The summed E-state index contributed by atoms with van der Waals surface area (Å²) in [6.07, 6.45) is 8.32. The number of hydrogen-bond donors (Lipinski definition) is 0. The third-order valence-corrected chi connectivity index (χ3v) is 5.13. The highest BCUT2D eigenvalue weighted by molar-refractivity contribution is 9.09. The van der Waals surface area contributed by atoms with E-state index in [4.69, 9.17) is 0 Å². The molecule has 0 aromatic heterocycles. The third kappa shape index (κ3) is 3.71. The van der Waals surface area contributed by atoms with Crippen LogP contribution in [0.1, 0.15) is 38.5 Å². The van der Waals surface area contributed by atoms with Gasteiger partial charge in [0.25, 0.3) is 0 Å². The SMILES string of the molecule is CN1CCCCC1CCN1CCC(Br)CC1. The molecule has 1 atom stereocenters. The first-order valence-corrected chi connectivity index (χ1v) is 7.74. The van der Waals surface area contributed by atoms with Crippen LogP contribution >= 0.6 is 15.9 Å². The average Bonchev–Trinajstić information content (AvgIpc) is 2.30. The normalized spacial score (nSPS) is 30.8. The van der Waals surface area contributed by atoms with Gasteiger partial charge in [-0.05, 0) is 65.3 Å². The minimum absolute atomic E-state index is 0.779. The maximum Gasteiger partial charge on any atom is 0.0170 e. The lowest BCUT2D eigenvalue weighted by Crippen LogP contribution is -2.41. The second-order valence-electron chi connectivity index (χ2n) is 5.44. The van der Waals surface area contributed by atoms with Gasteiger partial charge in [-0.25, -0.2) is 0 Å². The molecule has 0 aromatic carbocycles. The van der Waals surface area contributed by atoms with Gasteiger partial charge in [0, 0.05) is 10.9 Å². The van der Waals surface area contributed by atoms with Crippen LogP contribution in [0.25, 0.3) is 0 Å². The fourth-order valence-electron chi connectivity index (χ4n) is 2.97. The molecule has 94 valence electrons. The first kappa shape index (κ1) is 12.8. The third-order valence-electron chi connectivity index (χ3n) is 4.22. The van der Waals surface area contributed by atoms with Crippen LogP contribution in [0.5, 0.6) is 0 Å². The summed E-state index contributed by atoms with van der Waals surface area (Å²) in [6.45, 7) is 5.22. The summed E-state index contributed by atoms with van der Waals surface area (Å²) >= 11 is 3.72. The van der Waals surface area contributed by atoms with E-state index in [0.717, 1.165) is 10.9 Å². The smallest absolute Gasteiger partial charge is 0.0170 e. The average molecular weight is 289 g/mol. The highest BCUT2D eigenvalue weighted by Gasteiger charge is 2.21.